The first-order valence-electron chi connectivity index (χ1n) is 6.41. The molecule has 7 heteroatoms. The van der Waals surface area contributed by atoms with E-state index in [0.29, 0.717) is 22.2 Å². The van der Waals surface area contributed by atoms with Crippen LogP contribution in [0, 0.1) is 0 Å². The number of amides is 1. The highest BCUT2D eigenvalue weighted by molar-refractivity contribution is 6.32. The second-order valence-electron chi connectivity index (χ2n) is 5.51. The Kier molecular flexibility index (Phi) is 4.18. The van der Waals surface area contributed by atoms with Crippen LogP contribution in [0.2, 0.25) is 5.15 Å². The van der Waals surface area contributed by atoms with Crippen LogP contribution in [0.4, 0.5) is 10.6 Å². The SMILES string of the molecule is Cn1ncc(-c2cccc(NC(=O)OC(C)(C)C)n2)c1Cl. The first-order chi connectivity index (χ1) is 9.76. The van der Waals surface area contributed by atoms with Gasteiger partial charge < -0.3 is 4.74 Å². The molecule has 0 spiro atoms. The molecule has 0 radical (unpaired) electrons. The maximum atomic E-state index is 11.7. The predicted molar refractivity (Wildman–Crippen MR) is 81.3 cm³/mol. The monoisotopic (exact) mass is 308 g/mol. The number of nitrogens with one attached hydrogen (secondary N) is 1. The van der Waals surface area contributed by atoms with Crippen LogP contribution in [0.3, 0.4) is 0 Å². The van der Waals surface area contributed by atoms with Crippen molar-refractivity contribution in [1.29, 1.82) is 0 Å². The van der Waals surface area contributed by atoms with Gasteiger partial charge in [-0.1, -0.05) is 17.7 Å². The van der Waals surface area contributed by atoms with E-state index in [0.717, 1.165) is 0 Å². The topological polar surface area (TPSA) is 69.0 Å². The Morgan fingerprint density at radius 1 is 1.38 bits per heavy atom. The van der Waals surface area contributed by atoms with Crippen molar-refractivity contribution in [3.05, 3.63) is 29.5 Å². The Morgan fingerprint density at radius 3 is 2.67 bits per heavy atom. The summed E-state index contributed by atoms with van der Waals surface area (Å²) in [5.41, 5.74) is 0.766. The Bertz CT molecular complexity index is 661. The normalized spacial score (nSPS) is 11.3. The predicted octanol–water partition coefficient (Wildman–Crippen LogP) is 3.48. The van der Waals surface area contributed by atoms with E-state index >= 15 is 0 Å². The lowest BCUT2D eigenvalue weighted by Crippen LogP contribution is -2.27. The minimum Gasteiger partial charge on any atom is -0.444 e. The molecule has 0 fully saturated rings. The highest BCUT2D eigenvalue weighted by atomic mass is 35.5. The van der Waals surface area contributed by atoms with Crippen molar-refractivity contribution in [3.8, 4) is 11.3 Å². The van der Waals surface area contributed by atoms with Crippen LogP contribution in [0.25, 0.3) is 11.3 Å². The lowest BCUT2D eigenvalue weighted by atomic mass is 10.2. The van der Waals surface area contributed by atoms with Crippen LogP contribution >= 0.6 is 11.6 Å². The van der Waals surface area contributed by atoms with Gasteiger partial charge >= 0.3 is 6.09 Å². The summed E-state index contributed by atoms with van der Waals surface area (Å²) in [6.45, 7) is 5.39. The molecule has 21 heavy (non-hydrogen) atoms. The third kappa shape index (κ3) is 3.95. The third-order valence-electron chi connectivity index (χ3n) is 2.52. The number of hydrogen-bond acceptors (Lipinski definition) is 4. The van der Waals surface area contributed by atoms with Crippen molar-refractivity contribution in [2.75, 3.05) is 5.32 Å². The molecule has 2 heterocycles. The summed E-state index contributed by atoms with van der Waals surface area (Å²) in [5, 5.41) is 7.14. The van der Waals surface area contributed by atoms with Gasteiger partial charge in [-0.25, -0.2) is 9.78 Å². The van der Waals surface area contributed by atoms with E-state index in [1.165, 1.54) is 0 Å². The number of aromatic nitrogens is 3. The fourth-order valence-electron chi connectivity index (χ4n) is 1.66. The minimum absolute atomic E-state index is 0.390. The van der Waals surface area contributed by atoms with Gasteiger partial charge in [0.2, 0.25) is 0 Å². The van der Waals surface area contributed by atoms with Crippen LogP contribution in [-0.4, -0.2) is 26.5 Å². The van der Waals surface area contributed by atoms with E-state index in [1.54, 1.807) is 56.9 Å². The molecule has 2 aromatic heterocycles. The summed E-state index contributed by atoms with van der Waals surface area (Å²) >= 11 is 6.14. The highest BCUT2D eigenvalue weighted by Gasteiger charge is 2.17. The Hall–Kier alpha value is -2.08. The summed E-state index contributed by atoms with van der Waals surface area (Å²) in [7, 11) is 1.74. The van der Waals surface area contributed by atoms with Gasteiger partial charge in [-0.2, -0.15) is 5.10 Å². The number of nitrogens with zero attached hydrogens (tertiary/aromatic N) is 3. The van der Waals surface area contributed by atoms with Gasteiger partial charge in [0.05, 0.1) is 17.5 Å². The molecule has 6 nitrogen and oxygen atoms in total. The van der Waals surface area contributed by atoms with Crippen LogP contribution in [0.15, 0.2) is 24.4 Å². The summed E-state index contributed by atoms with van der Waals surface area (Å²) in [6, 6.07) is 5.25. The van der Waals surface area contributed by atoms with E-state index in [-0.39, 0.29) is 0 Å². The van der Waals surface area contributed by atoms with Crippen molar-refractivity contribution in [1.82, 2.24) is 14.8 Å². The number of hydrogen-bond donors (Lipinski definition) is 1. The zero-order valence-electron chi connectivity index (χ0n) is 12.3. The number of carbonyl (C=O) groups is 1. The summed E-state index contributed by atoms with van der Waals surface area (Å²) in [6.07, 6.45) is 1.08. The van der Waals surface area contributed by atoms with E-state index in [4.69, 9.17) is 16.3 Å². The average molecular weight is 309 g/mol. The molecule has 0 aromatic carbocycles. The fourth-order valence-corrected chi connectivity index (χ4v) is 1.85. The second-order valence-corrected chi connectivity index (χ2v) is 5.87. The van der Waals surface area contributed by atoms with E-state index in [9.17, 15) is 4.79 Å². The largest absolute Gasteiger partial charge is 0.444 e. The molecule has 0 saturated carbocycles. The standard InChI is InChI=1S/C14H17ClN4O2/c1-14(2,3)21-13(20)18-11-7-5-6-10(17-11)9-8-16-19(4)12(9)15/h5-8H,1-4H3,(H,17,18,20). The molecule has 0 saturated heterocycles. The van der Waals surface area contributed by atoms with Crippen molar-refractivity contribution >= 4 is 23.5 Å². The Balaban J connectivity index is 2.19. The molecule has 0 unspecified atom stereocenters. The van der Waals surface area contributed by atoms with E-state index in [2.05, 4.69) is 15.4 Å². The first-order valence-corrected chi connectivity index (χ1v) is 6.79. The molecular weight excluding hydrogens is 292 g/mol. The van der Waals surface area contributed by atoms with E-state index < -0.39 is 11.7 Å². The molecule has 112 valence electrons. The zero-order valence-corrected chi connectivity index (χ0v) is 13.1. The van der Waals surface area contributed by atoms with Gasteiger partial charge in [0, 0.05) is 7.05 Å². The third-order valence-corrected chi connectivity index (χ3v) is 2.97. The second kappa shape index (κ2) is 5.73. The molecular formula is C14H17ClN4O2. The van der Waals surface area contributed by atoms with E-state index in [1.807, 2.05) is 0 Å². The number of rotatable bonds is 2. The van der Waals surface area contributed by atoms with Crippen LogP contribution in [0.1, 0.15) is 20.8 Å². The molecule has 1 amide bonds. The average Bonchev–Trinajstić information content (AvgIpc) is 2.68. The molecule has 0 atom stereocenters. The maximum absolute atomic E-state index is 11.7. The Labute approximate surface area is 128 Å². The molecule has 0 aliphatic carbocycles. The quantitative estimate of drug-likeness (QED) is 0.922. The molecule has 2 aromatic rings. The van der Waals surface area contributed by atoms with Gasteiger partial charge in [-0.3, -0.25) is 10.00 Å². The lowest BCUT2D eigenvalue weighted by Gasteiger charge is -2.19. The number of carbonyl (C=O) groups excluding carboxylic acids is 1. The summed E-state index contributed by atoms with van der Waals surface area (Å²) in [5.74, 6) is 0.390. The van der Waals surface area contributed by atoms with Crippen molar-refractivity contribution in [2.45, 2.75) is 26.4 Å². The Morgan fingerprint density at radius 2 is 2.10 bits per heavy atom. The summed E-state index contributed by atoms with van der Waals surface area (Å²) < 4.78 is 6.73. The summed E-state index contributed by atoms with van der Waals surface area (Å²) in [4.78, 5) is 16.1. The van der Waals surface area contributed by atoms with Gasteiger partial charge in [0.15, 0.2) is 0 Å². The van der Waals surface area contributed by atoms with Crippen molar-refractivity contribution in [2.24, 2.45) is 7.05 Å². The van der Waals surface area contributed by atoms with Crippen LogP contribution in [-0.2, 0) is 11.8 Å². The number of aryl methyl sites for hydroxylation is 1. The molecule has 0 aliphatic heterocycles. The number of pyridine rings is 1. The minimum atomic E-state index is -0.561. The smallest absolute Gasteiger partial charge is 0.413 e. The zero-order chi connectivity index (χ0) is 15.6. The van der Waals surface area contributed by atoms with Crippen molar-refractivity contribution < 1.29 is 9.53 Å². The number of anilines is 1. The van der Waals surface area contributed by atoms with Gasteiger partial charge in [0.25, 0.3) is 0 Å². The molecule has 1 N–H and O–H groups in total. The lowest BCUT2D eigenvalue weighted by molar-refractivity contribution is 0.0635. The number of halogens is 1. The molecule has 0 aliphatic rings. The number of ether oxygens (including phenoxy) is 1. The van der Waals surface area contributed by atoms with Gasteiger partial charge in [-0.15, -0.1) is 0 Å². The van der Waals surface area contributed by atoms with Gasteiger partial charge in [0.1, 0.15) is 16.6 Å². The first kappa shape index (κ1) is 15.3. The van der Waals surface area contributed by atoms with Crippen LogP contribution < -0.4 is 5.32 Å². The maximum Gasteiger partial charge on any atom is 0.413 e. The fraction of sp³-hybridized carbons (Fsp3) is 0.357. The van der Waals surface area contributed by atoms with Gasteiger partial charge in [-0.05, 0) is 32.9 Å². The van der Waals surface area contributed by atoms with Crippen LogP contribution in [0.5, 0.6) is 0 Å². The highest BCUT2D eigenvalue weighted by Crippen LogP contribution is 2.26. The van der Waals surface area contributed by atoms with Crippen molar-refractivity contribution in [3.63, 3.8) is 0 Å². The molecule has 2 rings (SSSR count). The molecule has 0 bridgehead atoms.